The van der Waals surface area contributed by atoms with Crippen LogP contribution in [0.15, 0.2) is 21.8 Å². The molecule has 0 bridgehead atoms. The summed E-state index contributed by atoms with van der Waals surface area (Å²) in [6, 6.07) is -0.894. The number of nitrogens with zero attached hydrogens (tertiary/aromatic N) is 3. The van der Waals surface area contributed by atoms with Gasteiger partial charge < -0.3 is 35.2 Å². The number of aromatic nitrogens is 1. The number of carboxylic acids is 1. The number of nitrogens with two attached hydrogens (primary N) is 1. The number of oxime groups is 1. The number of amides is 2. The first-order valence-corrected chi connectivity index (χ1v) is 12.7. The standard InChI is InChI=1S/C15H17N5O6S2.C6H10O4/c1-25-3-6-4-27-13-9(12(22)20(13)10(6)14(23)24)18-11(21)8(19-26-2)7-5-28-15(16)17-7;1-4(7)9-6(3)10-5(2)8/h5,9,13H,3-4H2,1-2H3,(H2,16,17)(H,18,21)(H,23,24);6H,1-3H3/b19-8+;/t9-,13-;/m1./s1. The summed E-state index contributed by atoms with van der Waals surface area (Å²) in [5.74, 6) is -2.96. The molecule has 0 spiro atoms. The van der Waals surface area contributed by atoms with Gasteiger partial charge in [0.1, 0.15) is 29.9 Å². The molecule has 3 rings (SSSR count). The van der Waals surface area contributed by atoms with Gasteiger partial charge in [-0.2, -0.15) is 0 Å². The van der Waals surface area contributed by atoms with Crippen molar-refractivity contribution >= 4 is 63.7 Å². The molecule has 2 aliphatic rings. The third kappa shape index (κ3) is 7.65. The van der Waals surface area contributed by atoms with Crippen LogP contribution in [0.4, 0.5) is 5.13 Å². The molecule has 38 heavy (non-hydrogen) atoms. The highest BCUT2D eigenvalue weighted by atomic mass is 32.2. The third-order valence-electron chi connectivity index (χ3n) is 4.68. The molecule has 4 N–H and O–H groups in total. The molecule has 0 radical (unpaired) electrons. The minimum absolute atomic E-state index is 0.0980. The molecule has 0 aromatic carbocycles. The fraction of sp³-hybridized carbons (Fsp3) is 0.476. The van der Waals surface area contributed by atoms with E-state index in [4.69, 9.17) is 15.3 Å². The molecule has 0 aliphatic carbocycles. The Hall–Kier alpha value is -3.70. The van der Waals surface area contributed by atoms with E-state index >= 15 is 0 Å². The highest BCUT2D eigenvalue weighted by molar-refractivity contribution is 8.00. The molecular weight excluding hydrogens is 546 g/mol. The number of fused-ring (bicyclic) bond motifs is 1. The molecule has 15 nitrogen and oxygen atoms in total. The number of anilines is 1. The van der Waals surface area contributed by atoms with Gasteiger partial charge in [0.25, 0.3) is 11.8 Å². The third-order valence-corrected chi connectivity index (χ3v) is 6.69. The van der Waals surface area contributed by atoms with Crippen LogP contribution in [0.25, 0.3) is 0 Å². The Labute approximate surface area is 225 Å². The largest absolute Gasteiger partial charge is 0.477 e. The Kier molecular flexibility index (Phi) is 11.0. The number of ether oxygens (including phenoxy) is 3. The summed E-state index contributed by atoms with van der Waals surface area (Å²) >= 11 is 2.47. The number of rotatable bonds is 9. The number of thiazole rings is 1. The van der Waals surface area contributed by atoms with E-state index in [0.29, 0.717) is 11.3 Å². The fourth-order valence-electron chi connectivity index (χ4n) is 3.36. The van der Waals surface area contributed by atoms with Gasteiger partial charge >= 0.3 is 17.9 Å². The molecule has 2 amide bonds. The first-order chi connectivity index (χ1) is 17.9. The number of methoxy groups -OCH3 is 1. The first-order valence-electron chi connectivity index (χ1n) is 10.8. The summed E-state index contributed by atoms with van der Waals surface area (Å²) in [6.45, 7) is 4.08. The number of thioether (sulfide) groups is 1. The summed E-state index contributed by atoms with van der Waals surface area (Å²) in [5, 5.41) is 17.0. The number of nitrogens with one attached hydrogen (secondary N) is 1. The predicted molar refractivity (Wildman–Crippen MR) is 135 cm³/mol. The fourth-order valence-corrected chi connectivity index (χ4v) is 5.24. The van der Waals surface area contributed by atoms with Crippen LogP contribution in [0.5, 0.6) is 0 Å². The summed E-state index contributed by atoms with van der Waals surface area (Å²) in [7, 11) is 2.73. The van der Waals surface area contributed by atoms with Crippen molar-refractivity contribution in [3.8, 4) is 0 Å². The second kappa shape index (κ2) is 13.7. The van der Waals surface area contributed by atoms with Crippen LogP contribution in [0.3, 0.4) is 0 Å². The lowest BCUT2D eigenvalue weighted by molar-refractivity contribution is -0.181. The average Bonchev–Trinajstić information content (AvgIpc) is 3.25. The van der Waals surface area contributed by atoms with Gasteiger partial charge in [-0.25, -0.2) is 9.78 Å². The topological polar surface area (TPSA) is 209 Å². The van der Waals surface area contributed by atoms with Crippen LogP contribution in [-0.2, 0) is 43.0 Å². The lowest BCUT2D eigenvalue weighted by Crippen LogP contribution is -2.71. The maximum Gasteiger partial charge on any atom is 0.352 e. The van der Waals surface area contributed by atoms with Crippen LogP contribution in [-0.4, -0.2) is 94.7 Å². The SMILES string of the molecule is CC(=O)OC(C)OC(C)=O.COCC1=C(C(=O)O)N2C(=O)[C@@H](NC(=O)/C(=N/OC)c3csc(N)n3)[C@H]2SC1. The summed E-state index contributed by atoms with van der Waals surface area (Å²) in [4.78, 5) is 67.1. The van der Waals surface area contributed by atoms with Crippen molar-refractivity contribution < 1.29 is 48.1 Å². The quantitative estimate of drug-likeness (QED) is 0.116. The van der Waals surface area contributed by atoms with E-state index in [1.54, 1.807) is 5.38 Å². The Morgan fingerprint density at radius 3 is 2.37 bits per heavy atom. The van der Waals surface area contributed by atoms with Crippen molar-refractivity contribution in [2.45, 2.75) is 38.5 Å². The number of β-lactam (4-membered cyclic amide) rings is 1. The molecule has 2 atom stereocenters. The van der Waals surface area contributed by atoms with Gasteiger partial charge in [0, 0.05) is 39.0 Å². The van der Waals surface area contributed by atoms with Crippen molar-refractivity contribution in [3.05, 3.63) is 22.3 Å². The number of esters is 2. The van der Waals surface area contributed by atoms with E-state index in [1.807, 2.05) is 0 Å². The average molecular weight is 574 g/mol. The number of carbonyl (C=O) groups is 5. The molecule has 3 heterocycles. The van der Waals surface area contributed by atoms with Crippen LogP contribution in [0.2, 0.25) is 0 Å². The molecular formula is C21H27N5O10S2. The summed E-state index contributed by atoms with van der Waals surface area (Å²) in [6.07, 6.45) is -0.782. The molecule has 17 heteroatoms. The maximum atomic E-state index is 12.6. The van der Waals surface area contributed by atoms with E-state index in [1.165, 1.54) is 51.7 Å². The number of nitrogen functional groups attached to an aromatic ring is 1. The molecule has 1 fully saturated rings. The van der Waals surface area contributed by atoms with Gasteiger partial charge in [-0.1, -0.05) is 5.16 Å². The number of hydrogen-bond acceptors (Lipinski definition) is 14. The van der Waals surface area contributed by atoms with E-state index in [-0.39, 0.29) is 28.8 Å². The smallest absolute Gasteiger partial charge is 0.352 e. The molecule has 0 unspecified atom stereocenters. The number of carboxylic acid groups (broad SMARTS) is 1. The Morgan fingerprint density at radius 1 is 1.26 bits per heavy atom. The van der Waals surface area contributed by atoms with Gasteiger partial charge in [-0.05, 0) is 5.57 Å². The second-order valence-corrected chi connectivity index (χ2v) is 9.53. The molecule has 1 saturated heterocycles. The normalized spacial score (nSPS) is 18.5. The van der Waals surface area contributed by atoms with Crippen molar-refractivity contribution in [2.24, 2.45) is 5.16 Å². The van der Waals surface area contributed by atoms with E-state index in [9.17, 15) is 29.1 Å². The summed E-state index contributed by atoms with van der Waals surface area (Å²) in [5.41, 5.74) is 6.09. The van der Waals surface area contributed by atoms with Crippen molar-refractivity contribution in [1.29, 1.82) is 0 Å². The Morgan fingerprint density at radius 2 is 1.89 bits per heavy atom. The molecule has 1 aromatic heterocycles. The van der Waals surface area contributed by atoms with Crippen LogP contribution in [0.1, 0.15) is 26.5 Å². The minimum Gasteiger partial charge on any atom is -0.477 e. The zero-order valence-electron chi connectivity index (χ0n) is 21.1. The van der Waals surface area contributed by atoms with Crippen LogP contribution < -0.4 is 11.1 Å². The molecule has 2 aliphatic heterocycles. The molecule has 208 valence electrons. The van der Waals surface area contributed by atoms with Gasteiger partial charge in [-0.15, -0.1) is 23.1 Å². The van der Waals surface area contributed by atoms with Gasteiger partial charge in [0.05, 0.1) is 6.61 Å². The number of hydrogen-bond donors (Lipinski definition) is 3. The van der Waals surface area contributed by atoms with E-state index in [2.05, 4.69) is 24.9 Å². The number of carbonyl (C=O) groups excluding carboxylic acids is 4. The summed E-state index contributed by atoms with van der Waals surface area (Å²) < 4.78 is 14.0. The first kappa shape index (κ1) is 30.5. The van der Waals surface area contributed by atoms with Crippen LogP contribution in [0, 0.1) is 0 Å². The number of aliphatic carboxylic acids is 1. The maximum absolute atomic E-state index is 12.6. The van der Waals surface area contributed by atoms with Gasteiger partial charge in [0.15, 0.2) is 10.8 Å². The van der Waals surface area contributed by atoms with Crippen molar-refractivity contribution in [1.82, 2.24) is 15.2 Å². The predicted octanol–water partition coefficient (Wildman–Crippen LogP) is -0.0806. The lowest BCUT2D eigenvalue weighted by Gasteiger charge is -2.49. The zero-order chi connectivity index (χ0) is 28.6. The molecule has 0 saturated carbocycles. The Bertz CT molecular complexity index is 1140. The van der Waals surface area contributed by atoms with Crippen LogP contribution >= 0.6 is 23.1 Å². The Balaban J connectivity index is 0.000000432. The van der Waals surface area contributed by atoms with E-state index in [0.717, 1.165) is 11.3 Å². The van der Waals surface area contributed by atoms with Crippen molar-refractivity contribution in [2.75, 3.05) is 32.3 Å². The lowest BCUT2D eigenvalue weighted by atomic mass is 10.0. The highest BCUT2D eigenvalue weighted by Crippen LogP contribution is 2.40. The highest BCUT2D eigenvalue weighted by Gasteiger charge is 2.54. The van der Waals surface area contributed by atoms with Gasteiger partial charge in [0.2, 0.25) is 6.29 Å². The zero-order valence-corrected chi connectivity index (χ0v) is 22.7. The monoisotopic (exact) mass is 573 g/mol. The van der Waals surface area contributed by atoms with E-state index < -0.39 is 47.4 Å². The van der Waals surface area contributed by atoms with Gasteiger partial charge in [-0.3, -0.25) is 24.1 Å². The molecule has 1 aromatic rings. The minimum atomic E-state index is -1.21. The second-order valence-electron chi connectivity index (χ2n) is 7.53. The van der Waals surface area contributed by atoms with Crippen molar-refractivity contribution in [3.63, 3.8) is 0 Å².